The normalized spacial score (nSPS) is 73.9. The van der Waals surface area contributed by atoms with E-state index < -0.39 is 6.51 Å². The van der Waals surface area contributed by atoms with Crippen molar-refractivity contribution < 1.29 is 6.51 Å². The van der Waals surface area contributed by atoms with Gasteiger partial charge in [0.2, 0.25) is 0 Å². The van der Waals surface area contributed by atoms with Crippen molar-refractivity contribution >= 4 is 18.5 Å². The number of fused-ring (bicyclic) bond motifs is 10. The van der Waals surface area contributed by atoms with Crippen molar-refractivity contribution in [3.63, 3.8) is 0 Å². The van der Waals surface area contributed by atoms with Gasteiger partial charge in [0.05, 0.1) is 0 Å². The third-order valence-corrected chi connectivity index (χ3v) is 70.4. The van der Waals surface area contributed by atoms with Gasteiger partial charge in [-0.25, -0.2) is 0 Å². The fourth-order valence-electron chi connectivity index (χ4n) is 26.6. The second-order valence-electron chi connectivity index (χ2n) is 21.0. The van der Waals surface area contributed by atoms with Crippen molar-refractivity contribution in [3.05, 3.63) is 48.6 Å². The van der Waals surface area contributed by atoms with E-state index in [4.69, 9.17) is 19.9 Å². The Morgan fingerprint density at radius 3 is 1.44 bits per heavy atom. The summed E-state index contributed by atoms with van der Waals surface area (Å²) in [5.41, 5.74) is 0.755. The Balaban J connectivity index is 1.12. The van der Waals surface area contributed by atoms with Gasteiger partial charge >= 0.3 is 239 Å². The van der Waals surface area contributed by atoms with E-state index in [-0.39, 0.29) is 10.6 Å². The monoisotopic (exact) mass is 624 g/mol. The van der Waals surface area contributed by atoms with Crippen LogP contribution in [0.25, 0.3) is 0 Å². The molecule has 12 heterocycles. The summed E-state index contributed by atoms with van der Waals surface area (Å²) < 4.78 is 0.929. The topological polar surface area (TPSA) is 51.6 Å². The van der Waals surface area contributed by atoms with Gasteiger partial charge in [0.1, 0.15) is 0 Å². The third kappa shape index (κ3) is 0.553. The molecule has 8 atom stereocenters. The summed E-state index contributed by atoms with van der Waals surface area (Å²) >= 11 is 0. The summed E-state index contributed by atoms with van der Waals surface area (Å²) in [6.07, 6.45) is 17.2. The van der Waals surface area contributed by atoms with Gasteiger partial charge < -0.3 is 0 Å². The quantitative estimate of drug-likeness (QED) is 0.248. The maximum atomic E-state index is 5.19. The van der Waals surface area contributed by atoms with Crippen LogP contribution in [0, 0.1) is 28.6 Å². The molecule has 0 radical (unpaired) electrons. The molecule has 7 heteroatoms. The molecule has 2 aromatic rings. The van der Waals surface area contributed by atoms with Crippen LogP contribution in [0.15, 0.2) is 36.9 Å². The first-order valence-electron chi connectivity index (χ1n) is 16.7. The van der Waals surface area contributed by atoms with E-state index >= 15 is 0 Å². The standard InChI is InChI=1S/C29H37N4P2.C5H5.Fe/c1-26(2,3)29(35,27-16-19-13-20(17-27)15-21(14-19)18-27)23-8-4-7-22(23)28(34,24-30-9-5-10-31-24)25-32-11-6-12-33-25;1-2-4-5-3-1;/h4-12,19-21H,13-18,34-35H2,1-3H3;1-5H;. The Labute approximate surface area is 237 Å². The van der Waals surface area contributed by atoms with E-state index in [9.17, 15) is 0 Å². The number of nitrogens with zero attached hydrogens (tertiary/aromatic N) is 4. The van der Waals surface area contributed by atoms with Crippen molar-refractivity contribution in [2.45, 2.75) is 117 Å². The summed E-state index contributed by atoms with van der Waals surface area (Å²) in [4.78, 5) is 30.0. The van der Waals surface area contributed by atoms with Crippen LogP contribution in [0.1, 0.15) is 70.9 Å². The van der Waals surface area contributed by atoms with E-state index in [2.05, 4.69) is 39.3 Å². The molecule has 0 amide bonds. The predicted molar refractivity (Wildman–Crippen MR) is 162 cm³/mol. The fraction of sp³-hybridized carbons (Fsp3) is 0.765. The van der Waals surface area contributed by atoms with Gasteiger partial charge in [-0.1, -0.05) is 0 Å². The number of aromatic nitrogens is 4. The predicted octanol–water partition coefficient (Wildman–Crippen LogP) is 8.39. The molecular weight excluding hydrogens is 582 g/mol. The molecule has 14 fully saturated rings. The van der Waals surface area contributed by atoms with E-state index in [1.807, 2.05) is 36.9 Å². The molecule has 10 saturated heterocycles. The molecule has 1 spiro atoms. The molecule has 14 aliphatic rings. The van der Waals surface area contributed by atoms with Crippen molar-refractivity contribution in [1.29, 1.82) is 0 Å². The van der Waals surface area contributed by atoms with E-state index in [1.54, 1.807) is 0 Å². The molecule has 4 bridgehead atoms. The Kier molecular flexibility index (Phi) is 1.66. The second kappa shape index (κ2) is 3.20. The van der Waals surface area contributed by atoms with Crippen molar-refractivity contribution in [3.8, 4) is 0 Å². The molecule has 8 unspecified atom stereocenters. The first-order valence-corrected chi connectivity index (χ1v) is 24.1. The van der Waals surface area contributed by atoms with Crippen LogP contribution in [0.2, 0.25) is 47.2 Å². The van der Waals surface area contributed by atoms with Crippen molar-refractivity contribution in [2.75, 3.05) is 0 Å². The summed E-state index contributed by atoms with van der Waals surface area (Å²) in [5, 5.41) is -0.0338. The van der Waals surface area contributed by atoms with Crippen LogP contribution < -0.4 is 0 Å². The van der Waals surface area contributed by atoms with Crippen molar-refractivity contribution in [1.82, 2.24) is 19.9 Å². The maximum absolute atomic E-state index is 5.19. The van der Waals surface area contributed by atoms with E-state index in [0.29, 0.717) is 19.2 Å². The van der Waals surface area contributed by atoms with Crippen LogP contribution in [0.4, 0.5) is 0 Å². The van der Waals surface area contributed by atoms with Crippen LogP contribution >= 0.6 is 18.5 Å². The van der Waals surface area contributed by atoms with E-state index in [0.717, 1.165) is 39.0 Å². The first kappa shape index (κ1) is 21.3. The second-order valence-corrected chi connectivity index (χ2v) is 45.9. The minimum absolute atomic E-state index is 0.259. The SMILES string of the molecule is CC(C)(C)C(P)(C12CC3CC(CC(C3)C1)C2)[C]12[CH]3[CH]4[CH]5[C]1(C(P)(c1ncccn1)c1ncccn1)[Fe]45321678[CH]2[CH]1[CH]6[CH]7[CH]28. The Morgan fingerprint density at radius 1 is 0.659 bits per heavy atom. The van der Waals surface area contributed by atoms with Gasteiger partial charge in [0.15, 0.2) is 0 Å². The summed E-state index contributed by atoms with van der Waals surface area (Å²) in [5.74, 6) is 5.04. The van der Waals surface area contributed by atoms with Crippen LogP contribution in [0.3, 0.4) is 0 Å². The zero-order valence-electron chi connectivity index (χ0n) is 24.4. The first-order chi connectivity index (χ1) is 19.4. The molecule has 0 aromatic carbocycles. The summed E-state index contributed by atoms with van der Waals surface area (Å²) in [7, 11) is 7.53. The minimum atomic E-state index is -4.19. The number of hydrogen-bond donors (Lipinski definition) is 0. The van der Waals surface area contributed by atoms with Crippen molar-refractivity contribution in [2.24, 2.45) is 28.6 Å². The molecule has 216 valence electrons. The molecule has 41 heavy (non-hydrogen) atoms. The fourth-order valence-corrected chi connectivity index (χ4v) is 111. The third-order valence-electron chi connectivity index (χ3n) is 23.9. The number of hydrogen-bond acceptors (Lipinski definition) is 4. The molecule has 0 N–H and O–H groups in total. The van der Waals surface area contributed by atoms with Gasteiger partial charge in [0, 0.05) is 0 Å². The molecule has 4 aliphatic carbocycles. The average molecular weight is 625 g/mol. The number of rotatable bonds is 5. The summed E-state index contributed by atoms with van der Waals surface area (Å²) in [6.45, 7) is 3.93. The average Bonchev–Trinajstić information content (AvgIpc) is 3.90. The van der Waals surface area contributed by atoms with Crippen LogP contribution in [0.5, 0.6) is 0 Å². The van der Waals surface area contributed by atoms with Gasteiger partial charge in [0.25, 0.3) is 0 Å². The van der Waals surface area contributed by atoms with Crippen LogP contribution in [-0.4, -0.2) is 25.1 Å². The zero-order chi connectivity index (χ0) is 27.1. The molecule has 2 aromatic heterocycles. The summed E-state index contributed by atoms with van der Waals surface area (Å²) in [6, 6.07) is 4.03. The zero-order valence-corrected chi connectivity index (χ0v) is 27.8. The van der Waals surface area contributed by atoms with Gasteiger partial charge in [-0.05, 0) is 0 Å². The van der Waals surface area contributed by atoms with Crippen LogP contribution in [-0.2, 0) is 11.7 Å². The van der Waals surface area contributed by atoms with E-state index in [1.165, 1.54) is 67.4 Å². The Morgan fingerprint density at radius 2 is 1.07 bits per heavy atom. The van der Waals surface area contributed by atoms with Gasteiger partial charge in [-0.2, -0.15) is 0 Å². The molecule has 4 nitrogen and oxygen atoms in total. The van der Waals surface area contributed by atoms with Gasteiger partial charge in [-0.3, -0.25) is 0 Å². The van der Waals surface area contributed by atoms with Gasteiger partial charge in [-0.15, -0.1) is 0 Å². The molecule has 4 saturated carbocycles. The molecular formula is C34H42FeN4P2. The molecule has 10 aliphatic heterocycles. The Hall–Kier alpha value is -0.461. The molecule has 16 rings (SSSR count). The Bertz CT molecular complexity index is 2020.